The van der Waals surface area contributed by atoms with Crippen LogP contribution >= 0.6 is 11.3 Å². The van der Waals surface area contributed by atoms with E-state index in [1.54, 1.807) is 12.1 Å². The molecule has 0 saturated heterocycles. The molecule has 0 fully saturated rings. The van der Waals surface area contributed by atoms with E-state index in [2.05, 4.69) is 9.71 Å². The van der Waals surface area contributed by atoms with Gasteiger partial charge in [0, 0.05) is 10.9 Å². The molecule has 2 aromatic carbocycles. The number of nitrogens with one attached hydrogen (secondary N) is 1. The second-order valence-corrected chi connectivity index (χ2v) is 8.96. The van der Waals surface area contributed by atoms with E-state index < -0.39 is 10.0 Å². The van der Waals surface area contributed by atoms with Crippen molar-refractivity contribution in [2.24, 2.45) is 0 Å². The number of thiazole rings is 1. The Labute approximate surface area is 164 Å². The van der Waals surface area contributed by atoms with Crippen LogP contribution < -0.4 is 9.46 Å². The highest BCUT2D eigenvalue weighted by atomic mass is 32.2. The summed E-state index contributed by atoms with van der Waals surface area (Å²) in [5, 5.41) is 2.76. The Balaban J connectivity index is 1.81. The van der Waals surface area contributed by atoms with Gasteiger partial charge in [0.2, 0.25) is 10.0 Å². The molecule has 1 aromatic heterocycles. The number of hydrogen-bond acceptors (Lipinski definition) is 5. The maximum absolute atomic E-state index is 12.8. The Morgan fingerprint density at radius 1 is 1.07 bits per heavy atom. The van der Waals surface area contributed by atoms with Crippen molar-refractivity contribution in [2.45, 2.75) is 32.2 Å². The lowest BCUT2D eigenvalue weighted by Crippen LogP contribution is -2.24. The van der Waals surface area contributed by atoms with Gasteiger partial charge in [0.25, 0.3) is 0 Å². The molecular weight excluding hydrogens is 380 g/mol. The van der Waals surface area contributed by atoms with Crippen LogP contribution in [0.3, 0.4) is 0 Å². The lowest BCUT2D eigenvalue weighted by molar-refractivity contribution is 0.401. The molecule has 0 unspecified atom stereocenters. The van der Waals surface area contributed by atoms with E-state index in [1.165, 1.54) is 18.4 Å². The molecule has 1 N–H and O–H groups in total. The fraction of sp³-hybridized carbons (Fsp3) is 0.250. The lowest BCUT2D eigenvalue weighted by Gasteiger charge is -2.12. The molecular formula is C20H22N2O3S2. The average Bonchev–Trinajstić information content (AvgIpc) is 3.11. The Morgan fingerprint density at radius 2 is 1.78 bits per heavy atom. The number of hydrogen-bond donors (Lipinski definition) is 1. The van der Waals surface area contributed by atoms with Gasteiger partial charge < -0.3 is 4.74 Å². The van der Waals surface area contributed by atoms with Crippen LogP contribution in [0, 0.1) is 20.8 Å². The van der Waals surface area contributed by atoms with Gasteiger partial charge in [0.1, 0.15) is 15.7 Å². The molecule has 0 atom stereocenters. The van der Waals surface area contributed by atoms with Gasteiger partial charge in [-0.05, 0) is 49.6 Å². The third kappa shape index (κ3) is 4.21. The van der Waals surface area contributed by atoms with E-state index in [9.17, 15) is 8.42 Å². The smallest absolute Gasteiger partial charge is 0.244 e. The first-order valence-corrected chi connectivity index (χ1v) is 10.8. The molecule has 0 amide bonds. The molecule has 7 heteroatoms. The molecule has 142 valence electrons. The largest absolute Gasteiger partial charge is 0.495 e. The van der Waals surface area contributed by atoms with Crippen molar-refractivity contribution in [2.75, 3.05) is 7.11 Å². The third-order valence-electron chi connectivity index (χ3n) is 4.44. The molecule has 0 radical (unpaired) electrons. The summed E-state index contributed by atoms with van der Waals surface area (Å²) >= 11 is 1.50. The van der Waals surface area contributed by atoms with Crippen molar-refractivity contribution in [3.63, 3.8) is 0 Å². The Morgan fingerprint density at radius 3 is 2.48 bits per heavy atom. The molecule has 0 spiro atoms. The Kier molecular flexibility index (Phi) is 5.64. The first kappa shape index (κ1) is 19.5. The summed E-state index contributed by atoms with van der Waals surface area (Å²) in [6.45, 7) is 5.96. The Bertz CT molecular complexity index is 1070. The maximum atomic E-state index is 12.8. The van der Waals surface area contributed by atoms with E-state index in [4.69, 9.17) is 4.74 Å². The maximum Gasteiger partial charge on any atom is 0.244 e. The SMILES string of the molecule is COc1cc(C)c(C)cc1S(=O)(=O)NCc1csc(-c2ccccc2C)n1. The van der Waals surface area contributed by atoms with Crippen molar-refractivity contribution >= 4 is 21.4 Å². The number of aromatic nitrogens is 1. The average molecular weight is 403 g/mol. The summed E-state index contributed by atoms with van der Waals surface area (Å²) < 4.78 is 33.4. The van der Waals surface area contributed by atoms with Crippen molar-refractivity contribution in [1.29, 1.82) is 0 Å². The van der Waals surface area contributed by atoms with E-state index in [0.29, 0.717) is 11.4 Å². The van der Waals surface area contributed by atoms with Crippen LogP contribution in [0.25, 0.3) is 10.6 Å². The van der Waals surface area contributed by atoms with Gasteiger partial charge in [-0.3, -0.25) is 0 Å². The van der Waals surface area contributed by atoms with Crippen LogP contribution in [0.1, 0.15) is 22.4 Å². The molecule has 1 heterocycles. The predicted molar refractivity (Wildman–Crippen MR) is 109 cm³/mol. The first-order valence-electron chi connectivity index (χ1n) is 8.47. The van der Waals surface area contributed by atoms with Crippen LogP contribution in [0.5, 0.6) is 5.75 Å². The molecule has 0 aliphatic heterocycles. The van der Waals surface area contributed by atoms with E-state index in [1.807, 2.05) is 50.4 Å². The monoisotopic (exact) mass is 402 g/mol. The summed E-state index contributed by atoms with van der Waals surface area (Å²) in [5.74, 6) is 0.337. The van der Waals surface area contributed by atoms with Crippen LogP contribution in [-0.4, -0.2) is 20.5 Å². The quantitative estimate of drug-likeness (QED) is 0.670. The number of methoxy groups -OCH3 is 1. The van der Waals surface area contributed by atoms with E-state index >= 15 is 0 Å². The van der Waals surface area contributed by atoms with Crippen LogP contribution in [0.15, 0.2) is 46.7 Å². The first-order chi connectivity index (χ1) is 12.8. The molecule has 27 heavy (non-hydrogen) atoms. The number of aryl methyl sites for hydroxylation is 3. The highest BCUT2D eigenvalue weighted by Gasteiger charge is 2.21. The standard InChI is InChI=1S/C20H22N2O3S2/c1-13-7-5-6-8-17(13)20-22-16(12-26-20)11-21-27(23,24)19-10-15(3)14(2)9-18(19)25-4/h5-10,12,21H,11H2,1-4H3. The minimum atomic E-state index is -3.71. The summed E-state index contributed by atoms with van der Waals surface area (Å²) in [5.41, 5.74) is 4.76. The summed E-state index contributed by atoms with van der Waals surface area (Å²) in [6, 6.07) is 11.4. The lowest BCUT2D eigenvalue weighted by atomic mass is 10.1. The fourth-order valence-electron chi connectivity index (χ4n) is 2.70. The van der Waals surface area contributed by atoms with Gasteiger partial charge in [-0.1, -0.05) is 24.3 Å². The molecule has 0 aliphatic rings. The fourth-order valence-corrected chi connectivity index (χ4v) is 4.85. The number of benzene rings is 2. The normalized spacial score (nSPS) is 11.6. The van der Waals surface area contributed by atoms with E-state index in [0.717, 1.165) is 27.3 Å². The zero-order valence-electron chi connectivity index (χ0n) is 15.7. The predicted octanol–water partition coefficient (Wildman–Crippen LogP) is 4.22. The van der Waals surface area contributed by atoms with Crippen molar-refractivity contribution in [3.8, 4) is 16.3 Å². The van der Waals surface area contributed by atoms with Crippen LogP contribution in [0.4, 0.5) is 0 Å². The highest BCUT2D eigenvalue weighted by Crippen LogP contribution is 2.29. The van der Waals surface area contributed by atoms with Gasteiger partial charge in [0.15, 0.2) is 0 Å². The highest BCUT2D eigenvalue weighted by molar-refractivity contribution is 7.89. The van der Waals surface area contributed by atoms with Crippen molar-refractivity contribution < 1.29 is 13.2 Å². The number of ether oxygens (including phenoxy) is 1. The van der Waals surface area contributed by atoms with Crippen molar-refractivity contribution in [1.82, 2.24) is 9.71 Å². The Hall–Kier alpha value is -2.22. The minimum Gasteiger partial charge on any atom is -0.495 e. The van der Waals surface area contributed by atoms with Gasteiger partial charge >= 0.3 is 0 Å². The summed E-state index contributed by atoms with van der Waals surface area (Å²) in [6.07, 6.45) is 0. The van der Waals surface area contributed by atoms with Gasteiger partial charge in [-0.25, -0.2) is 18.1 Å². The number of rotatable bonds is 6. The number of sulfonamides is 1. The topological polar surface area (TPSA) is 68.3 Å². The third-order valence-corrected chi connectivity index (χ3v) is 6.79. The molecule has 5 nitrogen and oxygen atoms in total. The van der Waals surface area contributed by atoms with Crippen LogP contribution in [-0.2, 0) is 16.6 Å². The molecule has 3 rings (SSSR count). The zero-order chi connectivity index (χ0) is 19.6. The van der Waals surface area contributed by atoms with Gasteiger partial charge in [-0.2, -0.15) is 0 Å². The zero-order valence-corrected chi connectivity index (χ0v) is 17.4. The second kappa shape index (κ2) is 7.80. The molecule has 3 aromatic rings. The van der Waals surface area contributed by atoms with Crippen LogP contribution in [0.2, 0.25) is 0 Å². The number of nitrogens with zero attached hydrogens (tertiary/aromatic N) is 1. The molecule has 0 saturated carbocycles. The second-order valence-electron chi connectivity index (χ2n) is 6.37. The van der Waals surface area contributed by atoms with Gasteiger partial charge in [0.05, 0.1) is 19.3 Å². The molecule has 0 bridgehead atoms. The summed E-state index contributed by atoms with van der Waals surface area (Å²) in [7, 11) is -2.24. The minimum absolute atomic E-state index is 0.126. The summed E-state index contributed by atoms with van der Waals surface area (Å²) in [4.78, 5) is 4.71. The molecule has 0 aliphatic carbocycles. The van der Waals surface area contributed by atoms with Gasteiger partial charge in [-0.15, -0.1) is 11.3 Å². The van der Waals surface area contributed by atoms with E-state index in [-0.39, 0.29) is 11.4 Å². The van der Waals surface area contributed by atoms with Crippen molar-refractivity contribution in [3.05, 3.63) is 64.2 Å².